The maximum Gasteiger partial charge on any atom is 0.0856 e. The Morgan fingerprint density at radius 3 is 0.481 bits per heavy atom. The summed E-state index contributed by atoms with van der Waals surface area (Å²) in [7, 11) is 0. The molecule has 8 aliphatic rings. The average Bonchev–Trinajstić information content (AvgIpc) is 1.64. The summed E-state index contributed by atoms with van der Waals surface area (Å²) in [4.78, 5) is 13.7. The van der Waals surface area contributed by atoms with E-state index in [0.29, 0.717) is 0 Å². The van der Waals surface area contributed by atoms with Crippen molar-refractivity contribution in [3.05, 3.63) is 166 Å². The van der Waals surface area contributed by atoms with Gasteiger partial charge in [-0.2, -0.15) is 0 Å². The Morgan fingerprint density at radius 2 is 0.316 bits per heavy atom. The van der Waals surface area contributed by atoms with Gasteiger partial charge >= 0.3 is 0 Å². The van der Waals surface area contributed by atoms with Crippen molar-refractivity contribution < 1.29 is 0 Å². The van der Waals surface area contributed by atoms with E-state index in [-0.39, 0.29) is 0 Å². The Balaban J connectivity index is 0.999. The standard InChI is InChI=1S/C104H126I2S27/c1-15-29-43-69-70(44-30-16-2)76(50-56-82-84(121-98(119-82)102-128-91(109-63-37-23-9)92(129-102)110-64-38-24-10)58-52-78-72(46-32-18-4)74(48-34-20-6)80(117-78)54-60-86-88(106)125-100(123-86)104-132-95(113-67-41-27-13)96(133-104)114-68-42-28-14)115-75(69)49-55-81-83(120-97(118-81)101-126-89(107-61-35-21-7)90(127-101)108-62-36-22-8)57-51-77-71(45-31-17-3)73(47-33-19-5)79(116-77)53-59-85-87(105)124-99(122-85)103-130-93(111-65-39-25-11)94(131-103)112-66-40-26-12/h15-48,61-68H2,1-14H3. The van der Waals surface area contributed by atoms with E-state index < -0.39 is 0 Å². The van der Waals surface area contributed by atoms with E-state index in [4.69, 9.17) is 0 Å². The van der Waals surface area contributed by atoms with Crippen LogP contribution in [0.4, 0.5) is 0 Å². The molecular weight excluding hydrogens is 2370 g/mol. The Morgan fingerprint density at radius 1 is 0.173 bits per heavy atom. The molecule has 0 amide bonds. The number of rotatable bonds is 50. The van der Waals surface area contributed by atoms with Crippen LogP contribution in [0, 0.1) is 71.0 Å². The van der Waals surface area contributed by atoms with Gasteiger partial charge in [-0.3, -0.25) is 0 Å². The predicted molar refractivity (Wildman–Crippen MR) is 679 cm³/mol. The van der Waals surface area contributed by atoms with Crippen LogP contribution in [0.3, 0.4) is 0 Å². The zero-order valence-electron chi connectivity index (χ0n) is 79.5. The van der Waals surface area contributed by atoms with Crippen molar-refractivity contribution >= 4 is 361 Å². The van der Waals surface area contributed by atoms with Crippen molar-refractivity contribution in [2.45, 2.75) is 315 Å². The minimum Gasteiger partial charge on any atom is -0.117 e. The molecule has 0 aliphatic carbocycles. The lowest BCUT2D eigenvalue weighted by Crippen LogP contribution is -1.95. The van der Waals surface area contributed by atoms with Crippen LogP contribution in [0.1, 0.15) is 339 Å². The monoisotopic (exact) mass is 2490 g/mol. The summed E-state index contributed by atoms with van der Waals surface area (Å²) < 4.78 is 25.6. The number of halogens is 2. The Labute approximate surface area is 945 Å². The normalized spacial score (nSPS) is 16.4. The second-order valence-corrected chi connectivity index (χ2v) is 67.6. The number of hydrogen-bond donors (Lipinski definition) is 0. The molecule has 0 bridgehead atoms. The zero-order chi connectivity index (χ0) is 94.1. The van der Waals surface area contributed by atoms with E-state index in [1.807, 2.05) is 222 Å². The van der Waals surface area contributed by atoms with E-state index in [9.17, 15) is 0 Å². The van der Waals surface area contributed by atoms with Crippen molar-refractivity contribution in [3.8, 4) is 71.0 Å². The van der Waals surface area contributed by atoms with Gasteiger partial charge in [0.2, 0.25) is 0 Å². The summed E-state index contributed by atoms with van der Waals surface area (Å²) in [5.41, 5.74) is 8.50. The van der Waals surface area contributed by atoms with Crippen molar-refractivity contribution in [2.75, 3.05) is 46.0 Å². The Kier molecular flexibility index (Phi) is 57.7. The van der Waals surface area contributed by atoms with Gasteiger partial charge in [0.15, 0.2) is 0 Å². The minimum absolute atomic E-state index is 0.983. The highest BCUT2D eigenvalue weighted by Gasteiger charge is 2.36. The lowest BCUT2D eigenvalue weighted by Gasteiger charge is -2.05. The van der Waals surface area contributed by atoms with Crippen LogP contribution in [-0.2, 0) is 38.5 Å². The smallest absolute Gasteiger partial charge is 0.0856 e. The number of allylic oxidation sites excluding steroid dienone is 6. The van der Waals surface area contributed by atoms with Crippen LogP contribution >= 0.6 is 361 Å². The highest BCUT2D eigenvalue weighted by atomic mass is 127. The molecule has 0 radical (unpaired) electrons. The van der Waals surface area contributed by atoms with Gasteiger partial charge in [0, 0.05) is 0 Å². The summed E-state index contributed by atoms with van der Waals surface area (Å²) in [5.74, 6) is 56.7. The second-order valence-electron chi connectivity index (χ2n) is 31.6. The number of thiophene rings is 3. The summed E-state index contributed by atoms with van der Waals surface area (Å²) in [6, 6.07) is 0. The molecule has 0 saturated heterocycles. The Bertz CT molecular complexity index is 4930. The molecule has 0 unspecified atom stereocenters. The maximum absolute atomic E-state index is 4.02. The number of hydrogen-bond acceptors (Lipinski definition) is 27. The first-order chi connectivity index (χ1) is 65.2. The second kappa shape index (κ2) is 65.9. The fourth-order valence-electron chi connectivity index (χ4n) is 13.1. The summed E-state index contributed by atoms with van der Waals surface area (Å²) in [5, 5.41) is 0. The van der Waals surface area contributed by atoms with Gasteiger partial charge in [-0.1, -0.05) is 411 Å². The van der Waals surface area contributed by atoms with Gasteiger partial charge in [0.1, 0.15) is 0 Å². The number of unbranched alkanes of at least 4 members (excludes halogenated alkanes) is 14. The molecule has 0 aromatic carbocycles. The predicted octanol–water partition coefficient (Wildman–Crippen LogP) is 44.2. The van der Waals surface area contributed by atoms with Gasteiger partial charge < -0.3 is 0 Å². The van der Waals surface area contributed by atoms with Crippen LogP contribution in [0.15, 0.2) is 103 Å². The number of thioether (sulfide) groups is 24. The highest BCUT2D eigenvalue weighted by Crippen LogP contribution is 2.69. The molecule has 133 heavy (non-hydrogen) atoms. The zero-order valence-corrected chi connectivity index (χ0v) is 106. The van der Waals surface area contributed by atoms with Gasteiger partial charge in [-0.05, 0) is 289 Å². The first-order valence-corrected chi connectivity index (χ1v) is 73.4. The van der Waals surface area contributed by atoms with Crippen molar-refractivity contribution in [2.24, 2.45) is 0 Å². The summed E-state index contributed by atoms with van der Waals surface area (Å²) in [6.07, 6.45) is 39.1. The van der Waals surface area contributed by atoms with E-state index in [2.05, 4.69) is 307 Å². The summed E-state index contributed by atoms with van der Waals surface area (Å²) in [6.45, 7) is 32.5. The molecule has 3 aromatic heterocycles. The molecule has 11 rings (SSSR count). The molecular formula is C104H126I2S27. The van der Waals surface area contributed by atoms with E-state index >= 15 is 0 Å². The maximum atomic E-state index is 4.02. The van der Waals surface area contributed by atoms with Crippen molar-refractivity contribution in [3.63, 3.8) is 0 Å². The molecule has 0 nitrogen and oxygen atoms in total. The van der Waals surface area contributed by atoms with Gasteiger partial charge in [-0.25, -0.2) is 0 Å². The van der Waals surface area contributed by atoms with Gasteiger partial charge in [-0.15, -0.1) is 128 Å². The molecule has 0 spiro atoms. The van der Waals surface area contributed by atoms with Crippen LogP contribution in [0.25, 0.3) is 0 Å². The van der Waals surface area contributed by atoms with Gasteiger partial charge in [0.25, 0.3) is 0 Å². The topological polar surface area (TPSA) is 0 Å². The molecule has 0 N–H and O–H groups in total. The fourth-order valence-corrected chi connectivity index (χ4v) is 54.2. The molecule has 29 heteroatoms. The lowest BCUT2D eigenvalue weighted by atomic mass is 9.98. The summed E-state index contributed by atoms with van der Waals surface area (Å²) >= 11 is 58.5. The van der Waals surface area contributed by atoms with E-state index in [1.54, 1.807) is 0 Å². The fraction of sp³-hybridized carbons (Fsp3) is 0.538. The molecule has 0 atom stereocenters. The Hall–Kier alpha value is 3.20. The lowest BCUT2D eigenvalue weighted by molar-refractivity contribution is 0.760. The van der Waals surface area contributed by atoms with Crippen molar-refractivity contribution in [1.29, 1.82) is 0 Å². The minimum atomic E-state index is 0.983. The molecule has 11 heterocycles. The van der Waals surface area contributed by atoms with Crippen LogP contribution in [0.5, 0.6) is 0 Å². The van der Waals surface area contributed by atoms with Crippen molar-refractivity contribution in [1.82, 2.24) is 0 Å². The van der Waals surface area contributed by atoms with E-state index in [0.717, 1.165) is 168 Å². The molecule has 3 aromatic rings. The SMILES string of the molecule is CCCCSC1=C(SCCCC)SC(=C2SC(I)=C(C#Cc3sc(C#CC4=C(C#Cc5sc(C#CC6=C(C#Cc7sc(C#CC8=C(I)SC(=C9SC(SCCCC)=C(SCCCC)S9)S8)c(CCCC)c7CCCC)SC(=C7SC(SCCCC)=C(SCCCC)S7)S6)c(CCCC)c5CCCC)SC(=C5SC(SCCCC)=C(SCCCC)S5)S4)c(CCCC)c3CCCC)S2)S1. The third kappa shape index (κ3) is 36.3. The third-order valence-electron chi connectivity index (χ3n) is 20.7. The van der Waals surface area contributed by atoms with Crippen LogP contribution in [-0.4, -0.2) is 46.0 Å². The van der Waals surface area contributed by atoms with Gasteiger partial charge in [0.05, 0.1) is 132 Å². The molecule has 0 saturated carbocycles. The van der Waals surface area contributed by atoms with E-state index in [1.165, 1.54) is 262 Å². The first kappa shape index (κ1) is 116. The highest BCUT2D eigenvalue weighted by molar-refractivity contribution is 14.1. The third-order valence-corrected chi connectivity index (χ3v) is 61.5. The molecule has 0 fully saturated rings. The average molecular weight is 2500 g/mol. The van der Waals surface area contributed by atoms with Crippen LogP contribution in [0.2, 0.25) is 0 Å². The first-order valence-electron chi connectivity index (χ1n) is 47.8. The molecule has 8 aliphatic heterocycles. The quantitative estimate of drug-likeness (QED) is 0.0299. The van der Waals surface area contributed by atoms with Crippen LogP contribution < -0.4 is 0 Å². The molecule has 718 valence electrons. The largest absolute Gasteiger partial charge is 0.117 e.